The number of benzene rings is 1. The Hall–Kier alpha value is -1.06. The van der Waals surface area contributed by atoms with Crippen LogP contribution in [0, 0.1) is 0 Å². The molecule has 0 radical (unpaired) electrons. The highest BCUT2D eigenvalue weighted by molar-refractivity contribution is 5.28. The van der Waals surface area contributed by atoms with Gasteiger partial charge in [0.05, 0.1) is 6.61 Å². The molecule has 1 heterocycles. The number of methoxy groups -OCH3 is 1. The van der Waals surface area contributed by atoms with Crippen molar-refractivity contribution in [2.24, 2.45) is 0 Å². The molecule has 3 nitrogen and oxygen atoms in total. The number of hydrogen-bond donors (Lipinski definition) is 1. The largest absolute Gasteiger partial charge is 0.490 e. The Labute approximate surface area is 96.8 Å². The van der Waals surface area contributed by atoms with Crippen LogP contribution in [0.25, 0.3) is 0 Å². The summed E-state index contributed by atoms with van der Waals surface area (Å²) in [7, 11) is 1.71. The summed E-state index contributed by atoms with van der Waals surface area (Å²) in [6.07, 6.45) is 2.54. The van der Waals surface area contributed by atoms with Gasteiger partial charge in [0.1, 0.15) is 11.9 Å². The molecule has 2 rings (SSSR count). The lowest BCUT2D eigenvalue weighted by molar-refractivity contribution is 0.160. The first-order chi connectivity index (χ1) is 7.88. The number of rotatable bonds is 4. The summed E-state index contributed by atoms with van der Waals surface area (Å²) in [4.78, 5) is 0. The standard InChI is InChI=1S/C13H19NO2/c1-15-10-11-3-2-4-13(9-11)16-12-5-7-14-8-6-12/h2-4,9,12,14H,5-8,10H2,1H3. The number of hydrogen-bond acceptors (Lipinski definition) is 3. The molecule has 1 aliphatic rings. The van der Waals surface area contributed by atoms with Crippen molar-refractivity contribution in [3.05, 3.63) is 29.8 Å². The van der Waals surface area contributed by atoms with Crippen LogP contribution in [-0.4, -0.2) is 26.3 Å². The van der Waals surface area contributed by atoms with E-state index in [-0.39, 0.29) is 0 Å². The summed E-state index contributed by atoms with van der Waals surface area (Å²) in [5, 5.41) is 3.33. The van der Waals surface area contributed by atoms with Crippen molar-refractivity contribution >= 4 is 0 Å². The number of nitrogens with one attached hydrogen (secondary N) is 1. The van der Waals surface area contributed by atoms with Gasteiger partial charge in [0.2, 0.25) is 0 Å². The second kappa shape index (κ2) is 5.87. The van der Waals surface area contributed by atoms with Gasteiger partial charge < -0.3 is 14.8 Å². The van der Waals surface area contributed by atoms with E-state index in [1.165, 1.54) is 0 Å². The number of piperidine rings is 1. The monoisotopic (exact) mass is 221 g/mol. The fourth-order valence-corrected chi connectivity index (χ4v) is 1.98. The maximum Gasteiger partial charge on any atom is 0.120 e. The Kier molecular flexibility index (Phi) is 4.19. The van der Waals surface area contributed by atoms with Crippen molar-refractivity contribution in [1.29, 1.82) is 0 Å². The lowest BCUT2D eigenvalue weighted by Gasteiger charge is -2.24. The van der Waals surface area contributed by atoms with E-state index in [9.17, 15) is 0 Å². The van der Waals surface area contributed by atoms with Crippen molar-refractivity contribution in [2.45, 2.75) is 25.6 Å². The van der Waals surface area contributed by atoms with E-state index < -0.39 is 0 Å². The van der Waals surface area contributed by atoms with Gasteiger partial charge in [0.15, 0.2) is 0 Å². The van der Waals surface area contributed by atoms with Gasteiger partial charge >= 0.3 is 0 Å². The lowest BCUT2D eigenvalue weighted by Crippen LogP contribution is -2.34. The van der Waals surface area contributed by atoms with Crippen LogP contribution < -0.4 is 10.1 Å². The first-order valence-corrected chi connectivity index (χ1v) is 5.84. The van der Waals surface area contributed by atoms with Crippen LogP contribution in [-0.2, 0) is 11.3 Å². The SMILES string of the molecule is COCc1cccc(OC2CCNCC2)c1. The normalized spacial score (nSPS) is 17.3. The van der Waals surface area contributed by atoms with Crippen LogP contribution in [0.15, 0.2) is 24.3 Å². The Bertz CT molecular complexity index is 321. The molecule has 88 valence electrons. The summed E-state index contributed by atoms with van der Waals surface area (Å²) in [5.41, 5.74) is 1.16. The Morgan fingerprint density at radius 2 is 2.12 bits per heavy atom. The van der Waals surface area contributed by atoms with Gasteiger partial charge in [0, 0.05) is 7.11 Å². The summed E-state index contributed by atoms with van der Waals surface area (Å²) in [5.74, 6) is 0.960. The highest BCUT2D eigenvalue weighted by Gasteiger charge is 2.14. The third-order valence-corrected chi connectivity index (χ3v) is 2.80. The molecular weight excluding hydrogens is 202 g/mol. The predicted octanol–water partition coefficient (Wildman–Crippen LogP) is 1.96. The molecule has 0 aromatic heterocycles. The van der Waals surface area contributed by atoms with Crippen LogP contribution in [0.3, 0.4) is 0 Å². The average Bonchev–Trinajstić information content (AvgIpc) is 2.31. The Morgan fingerprint density at radius 1 is 1.31 bits per heavy atom. The Morgan fingerprint density at radius 3 is 2.88 bits per heavy atom. The topological polar surface area (TPSA) is 30.5 Å². The van der Waals surface area contributed by atoms with Gasteiger partial charge in [-0.25, -0.2) is 0 Å². The minimum atomic E-state index is 0.360. The molecule has 0 unspecified atom stereocenters. The van der Waals surface area contributed by atoms with Crippen molar-refractivity contribution in [1.82, 2.24) is 5.32 Å². The van der Waals surface area contributed by atoms with E-state index in [0.717, 1.165) is 37.2 Å². The van der Waals surface area contributed by atoms with Crippen LogP contribution in [0.5, 0.6) is 5.75 Å². The number of ether oxygens (including phenoxy) is 2. The van der Waals surface area contributed by atoms with Gasteiger partial charge in [0.25, 0.3) is 0 Å². The van der Waals surface area contributed by atoms with Gasteiger partial charge in [-0.1, -0.05) is 12.1 Å². The average molecular weight is 221 g/mol. The fraction of sp³-hybridized carbons (Fsp3) is 0.538. The zero-order valence-corrected chi connectivity index (χ0v) is 9.74. The molecule has 0 amide bonds. The molecule has 0 bridgehead atoms. The van der Waals surface area contributed by atoms with Gasteiger partial charge in [-0.3, -0.25) is 0 Å². The molecule has 16 heavy (non-hydrogen) atoms. The van der Waals surface area contributed by atoms with Crippen LogP contribution in [0.2, 0.25) is 0 Å². The molecule has 1 aliphatic heterocycles. The summed E-state index contributed by atoms with van der Waals surface area (Å²) >= 11 is 0. The van der Waals surface area contributed by atoms with Crippen LogP contribution >= 0.6 is 0 Å². The molecular formula is C13H19NO2. The highest BCUT2D eigenvalue weighted by atomic mass is 16.5. The Balaban J connectivity index is 1.94. The lowest BCUT2D eigenvalue weighted by atomic mass is 10.1. The summed E-state index contributed by atoms with van der Waals surface area (Å²) in [6.45, 7) is 2.76. The minimum absolute atomic E-state index is 0.360. The first kappa shape index (κ1) is 11.4. The maximum atomic E-state index is 5.95. The predicted molar refractivity (Wildman–Crippen MR) is 63.7 cm³/mol. The second-order valence-corrected chi connectivity index (χ2v) is 4.15. The molecule has 0 saturated carbocycles. The molecule has 1 fully saturated rings. The van der Waals surface area contributed by atoms with Crippen molar-refractivity contribution < 1.29 is 9.47 Å². The maximum absolute atomic E-state index is 5.95. The van der Waals surface area contributed by atoms with Crippen molar-refractivity contribution in [2.75, 3.05) is 20.2 Å². The van der Waals surface area contributed by atoms with Crippen LogP contribution in [0.4, 0.5) is 0 Å². The van der Waals surface area contributed by atoms with E-state index in [0.29, 0.717) is 12.7 Å². The minimum Gasteiger partial charge on any atom is -0.490 e. The van der Waals surface area contributed by atoms with Crippen LogP contribution in [0.1, 0.15) is 18.4 Å². The molecule has 0 spiro atoms. The zero-order valence-electron chi connectivity index (χ0n) is 9.74. The van der Waals surface area contributed by atoms with E-state index in [2.05, 4.69) is 17.4 Å². The second-order valence-electron chi connectivity index (χ2n) is 4.15. The van der Waals surface area contributed by atoms with Gasteiger partial charge in [-0.15, -0.1) is 0 Å². The molecule has 1 N–H and O–H groups in total. The van der Waals surface area contributed by atoms with Crippen molar-refractivity contribution in [3.8, 4) is 5.75 Å². The van der Waals surface area contributed by atoms with Gasteiger partial charge in [-0.2, -0.15) is 0 Å². The molecule has 1 aromatic rings. The van der Waals surface area contributed by atoms with Crippen molar-refractivity contribution in [3.63, 3.8) is 0 Å². The highest BCUT2D eigenvalue weighted by Crippen LogP contribution is 2.18. The molecule has 1 saturated heterocycles. The zero-order chi connectivity index (χ0) is 11.2. The summed E-state index contributed by atoms with van der Waals surface area (Å²) < 4.78 is 11.1. The molecule has 3 heteroatoms. The molecule has 0 atom stereocenters. The summed E-state index contributed by atoms with van der Waals surface area (Å²) in [6, 6.07) is 8.15. The third-order valence-electron chi connectivity index (χ3n) is 2.80. The van der Waals surface area contributed by atoms with E-state index in [4.69, 9.17) is 9.47 Å². The van der Waals surface area contributed by atoms with Gasteiger partial charge in [-0.05, 0) is 43.6 Å². The fourth-order valence-electron chi connectivity index (χ4n) is 1.98. The molecule has 0 aliphatic carbocycles. The third kappa shape index (κ3) is 3.22. The first-order valence-electron chi connectivity index (χ1n) is 5.84. The quantitative estimate of drug-likeness (QED) is 0.843. The van der Waals surface area contributed by atoms with E-state index >= 15 is 0 Å². The smallest absolute Gasteiger partial charge is 0.120 e. The molecule has 1 aromatic carbocycles. The van der Waals surface area contributed by atoms with E-state index in [1.807, 2.05) is 12.1 Å². The van der Waals surface area contributed by atoms with E-state index in [1.54, 1.807) is 7.11 Å².